The number of hydrogen-bond acceptors (Lipinski definition) is 3. The largest absolute Gasteiger partial charge is 0.297 e. The van der Waals surface area contributed by atoms with Crippen molar-refractivity contribution in [3.8, 4) is 0 Å². The Morgan fingerprint density at radius 3 is 2.64 bits per heavy atom. The van der Waals surface area contributed by atoms with Gasteiger partial charge in [0.05, 0.1) is 4.90 Å². The monoisotopic (exact) mass is 212 g/mol. The topological polar surface area (TPSA) is 51.2 Å². The first kappa shape index (κ1) is 9.08. The molecule has 1 heterocycles. The van der Waals surface area contributed by atoms with Gasteiger partial charge in [0.2, 0.25) is 9.84 Å². The molecular formula is C9H5FO3S. The minimum Gasteiger partial charge on any atom is -0.297 e. The molecule has 0 atom stereocenters. The predicted octanol–water partition coefficient (Wildman–Crippen LogP) is 1.15. The van der Waals surface area contributed by atoms with E-state index < -0.39 is 15.7 Å². The van der Waals surface area contributed by atoms with Crippen LogP contribution in [0.25, 0.3) is 6.08 Å². The molecule has 72 valence electrons. The van der Waals surface area contributed by atoms with E-state index in [-0.39, 0.29) is 16.1 Å². The molecule has 14 heavy (non-hydrogen) atoms. The van der Waals surface area contributed by atoms with E-state index in [1.807, 2.05) is 0 Å². The normalized spacial score (nSPS) is 17.4. The lowest BCUT2D eigenvalue weighted by atomic mass is 10.2. The van der Waals surface area contributed by atoms with Crippen molar-refractivity contribution in [2.75, 3.05) is 0 Å². The van der Waals surface area contributed by atoms with E-state index in [9.17, 15) is 17.6 Å². The first-order valence-corrected chi connectivity index (χ1v) is 5.25. The molecule has 2 rings (SSSR count). The molecule has 0 unspecified atom stereocenters. The van der Waals surface area contributed by atoms with Gasteiger partial charge >= 0.3 is 0 Å². The van der Waals surface area contributed by atoms with Gasteiger partial charge in [-0.05, 0) is 23.8 Å². The molecule has 0 spiro atoms. The van der Waals surface area contributed by atoms with Gasteiger partial charge < -0.3 is 0 Å². The van der Waals surface area contributed by atoms with Crippen molar-refractivity contribution in [2.45, 2.75) is 4.90 Å². The Morgan fingerprint density at radius 2 is 2.00 bits per heavy atom. The second-order valence-electron chi connectivity index (χ2n) is 2.85. The number of fused-ring (bicyclic) bond motifs is 1. The van der Waals surface area contributed by atoms with Gasteiger partial charge in [-0.3, -0.25) is 4.79 Å². The Balaban J connectivity index is 2.77. The van der Waals surface area contributed by atoms with Crippen molar-refractivity contribution in [1.29, 1.82) is 0 Å². The summed E-state index contributed by atoms with van der Waals surface area (Å²) in [5, 5.41) is 0. The lowest BCUT2D eigenvalue weighted by molar-refractivity contribution is -0.104. The molecule has 1 aliphatic heterocycles. The third-order valence-corrected chi connectivity index (χ3v) is 3.76. The smallest absolute Gasteiger partial charge is 0.210 e. The van der Waals surface area contributed by atoms with Crippen molar-refractivity contribution in [1.82, 2.24) is 0 Å². The predicted molar refractivity (Wildman–Crippen MR) is 47.6 cm³/mol. The number of hydrogen-bond donors (Lipinski definition) is 0. The molecule has 1 aliphatic rings. The second-order valence-corrected chi connectivity index (χ2v) is 4.77. The van der Waals surface area contributed by atoms with E-state index >= 15 is 0 Å². The van der Waals surface area contributed by atoms with Crippen LogP contribution in [0.3, 0.4) is 0 Å². The second kappa shape index (κ2) is 2.75. The first-order chi connectivity index (χ1) is 6.55. The van der Waals surface area contributed by atoms with Crippen LogP contribution in [0.15, 0.2) is 28.0 Å². The standard InChI is InChI=1S/C9H5FO3S/c10-7-2-1-6-3-8(5-11)14(12,13)9(6)4-7/h1-5H. The number of sulfone groups is 1. The summed E-state index contributed by atoms with van der Waals surface area (Å²) in [5.41, 5.74) is 0.355. The zero-order chi connectivity index (χ0) is 10.3. The summed E-state index contributed by atoms with van der Waals surface area (Å²) in [5.74, 6) is -0.632. The Kier molecular flexibility index (Phi) is 1.78. The summed E-state index contributed by atoms with van der Waals surface area (Å²) in [7, 11) is -3.77. The molecule has 0 radical (unpaired) electrons. The Bertz CT molecular complexity index is 543. The average molecular weight is 212 g/mol. The molecule has 0 aromatic heterocycles. The number of carbonyl (C=O) groups is 1. The zero-order valence-electron chi connectivity index (χ0n) is 6.90. The van der Waals surface area contributed by atoms with E-state index in [4.69, 9.17) is 0 Å². The highest BCUT2D eigenvalue weighted by atomic mass is 32.2. The summed E-state index contributed by atoms with van der Waals surface area (Å²) < 4.78 is 35.8. The molecule has 0 N–H and O–H groups in total. The maximum atomic E-state index is 12.8. The minimum atomic E-state index is -3.77. The van der Waals surface area contributed by atoms with Gasteiger partial charge in [0.25, 0.3) is 0 Å². The number of aldehydes is 1. The lowest BCUT2D eigenvalue weighted by Gasteiger charge is -1.98. The number of benzene rings is 1. The maximum Gasteiger partial charge on any atom is 0.210 e. The van der Waals surface area contributed by atoms with Crippen molar-refractivity contribution in [3.63, 3.8) is 0 Å². The summed E-state index contributed by atoms with van der Waals surface area (Å²) in [4.78, 5) is 9.97. The molecule has 0 amide bonds. The average Bonchev–Trinajstić information content (AvgIpc) is 2.38. The van der Waals surface area contributed by atoms with Crippen LogP contribution in [-0.4, -0.2) is 14.7 Å². The third-order valence-electron chi connectivity index (χ3n) is 1.99. The van der Waals surface area contributed by atoms with Crippen molar-refractivity contribution in [2.24, 2.45) is 0 Å². The number of halogens is 1. The summed E-state index contributed by atoms with van der Waals surface area (Å²) >= 11 is 0. The minimum absolute atomic E-state index is 0.139. The highest BCUT2D eigenvalue weighted by molar-refractivity contribution is 7.96. The van der Waals surface area contributed by atoms with Crippen molar-refractivity contribution >= 4 is 22.2 Å². The molecule has 0 bridgehead atoms. The fourth-order valence-electron chi connectivity index (χ4n) is 1.32. The molecule has 3 nitrogen and oxygen atoms in total. The molecule has 1 aromatic carbocycles. The molecule has 1 aromatic rings. The first-order valence-electron chi connectivity index (χ1n) is 3.77. The summed E-state index contributed by atoms with van der Waals surface area (Å²) in [6.45, 7) is 0. The van der Waals surface area contributed by atoms with Crippen molar-refractivity contribution < 1.29 is 17.6 Å². The highest BCUT2D eigenvalue weighted by Crippen LogP contribution is 2.31. The molecule has 5 heteroatoms. The fraction of sp³-hybridized carbons (Fsp3) is 0. The van der Waals surface area contributed by atoms with Gasteiger partial charge in [-0.25, -0.2) is 12.8 Å². The third kappa shape index (κ3) is 1.09. The molecule has 0 aliphatic carbocycles. The molecular weight excluding hydrogens is 207 g/mol. The Labute approximate surface area is 79.8 Å². The Hall–Kier alpha value is -1.49. The maximum absolute atomic E-state index is 12.8. The van der Waals surface area contributed by atoms with Crippen molar-refractivity contribution in [3.05, 3.63) is 34.5 Å². The van der Waals surface area contributed by atoms with Crippen LogP contribution in [0.5, 0.6) is 0 Å². The van der Waals surface area contributed by atoms with Crippen LogP contribution < -0.4 is 0 Å². The zero-order valence-corrected chi connectivity index (χ0v) is 7.71. The summed E-state index contributed by atoms with van der Waals surface area (Å²) in [6.07, 6.45) is 1.49. The Morgan fingerprint density at radius 1 is 1.29 bits per heavy atom. The fourth-order valence-corrected chi connectivity index (χ4v) is 2.68. The van der Waals surface area contributed by atoms with Gasteiger partial charge in [0.15, 0.2) is 6.29 Å². The van der Waals surface area contributed by atoms with Crippen LogP contribution in [0.4, 0.5) is 4.39 Å². The van der Waals surface area contributed by atoms with Crippen LogP contribution in [0.2, 0.25) is 0 Å². The van der Waals surface area contributed by atoms with Crippen LogP contribution >= 0.6 is 0 Å². The van der Waals surface area contributed by atoms with Crippen LogP contribution in [0, 0.1) is 5.82 Å². The van der Waals surface area contributed by atoms with E-state index in [1.165, 1.54) is 12.1 Å². The molecule has 0 saturated carbocycles. The summed E-state index contributed by atoms with van der Waals surface area (Å²) in [6, 6.07) is 3.40. The highest BCUT2D eigenvalue weighted by Gasteiger charge is 2.29. The van der Waals surface area contributed by atoms with E-state index in [0.29, 0.717) is 5.56 Å². The number of carbonyl (C=O) groups excluding carboxylic acids is 1. The van der Waals surface area contributed by atoms with E-state index in [2.05, 4.69) is 0 Å². The van der Waals surface area contributed by atoms with E-state index in [0.717, 1.165) is 12.1 Å². The quantitative estimate of drug-likeness (QED) is 0.656. The molecule has 0 saturated heterocycles. The van der Waals surface area contributed by atoms with Crippen LogP contribution in [0.1, 0.15) is 5.56 Å². The van der Waals surface area contributed by atoms with Gasteiger partial charge in [-0.15, -0.1) is 0 Å². The van der Waals surface area contributed by atoms with Gasteiger partial charge in [-0.1, -0.05) is 6.07 Å². The number of rotatable bonds is 1. The van der Waals surface area contributed by atoms with E-state index in [1.54, 1.807) is 0 Å². The van der Waals surface area contributed by atoms with Gasteiger partial charge in [-0.2, -0.15) is 0 Å². The van der Waals surface area contributed by atoms with Crippen LogP contribution in [-0.2, 0) is 14.6 Å². The lowest BCUT2D eigenvalue weighted by Crippen LogP contribution is -2.01. The van der Waals surface area contributed by atoms with Gasteiger partial charge in [0, 0.05) is 0 Å². The SMILES string of the molecule is O=CC1=Cc2ccc(F)cc2S1(=O)=O. The number of allylic oxidation sites excluding steroid dienone is 1. The van der Waals surface area contributed by atoms with Gasteiger partial charge in [0.1, 0.15) is 10.7 Å². The molecule has 0 fully saturated rings.